The maximum atomic E-state index is 12.6. The Balaban J connectivity index is 2.86. The van der Waals surface area contributed by atoms with Crippen molar-refractivity contribution in [1.82, 2.24) is 0 Å². The van der Waals surface area contributed by atoms with Crippen LogP contribution >= 0.6 is 0 Å². The first kappa shape index (κ1) is 10.2. The number of benzene rings is 1. The van der Waals surface area contributed by atoms with E-state index < -0.39 is 0 Å². The third-order valence-corrected chi connectivity index (χ3v) is 1.93. The average Bonchev–Trinajstić information content (AvgIpc) is 2.09. The number of methoxy groups -OCH3 is 1. The van der Waals surface area contributed by atoms with Gasteiger partial charge in [0, 0.05) is 13.2 Å². The van der Waals surface area contributed by atoms with Gasteiger partial charge in [-0.05, 0) is 24.6 Å². The van der Waals surface area contributed by atoms with Gasteiger partial charge in [0.2, 0.25) is 0 Å². The number of ether oxygens (including phenoxy) is 1. The minimum atomic E-state index is -0.247. The van der Waals surface area contributed by atoms with Crippen LogP contribution in [0.15, 0.2) is 24.3 Å². The van der Waals surface area contributed by atoms with Gasteiger partial charge < -0.3 is 10.5 Å². The molecule has 2 atom stereocenters. The van der Waals surface area contributed by atoms with Crippen LogP contribution in [-0.2, 0) is 4.74 Å². The summed E-state index contributed by atoms with van der Waals surface area (Å²) in [5.41, 5.74) is 6.60. The van der Waals surface area contributed by atoms with Gasteiger partial charge in [-0.2, -0.15) is 0 Å². The van der Waals surface area contributed by atoms with Crippen LogP contribution in [0.1, 0.15) is 18.6 Å². The number of halogens is 1. The molecule has 1 aromatic rings. The van der Waals surface area contributed by atoms with Gasteiger partial charge in [-0.25, -0.2) is 4.39 Å². The molecule has 0 amide bonds. The molecule has 0 bridgehead atoms. The highest BCUT2D eigenvalue weighted by atomic mass is 19.1. The fourth-order valence-electron chi connectivity index (χ4n) is 1.31. The van der Waals surface area contributed by atoms with Crippen LogP contribution < -0.4 is 5.73 Å². The van der Waals surface area contributed by atoms with Crippen molar-refractivity contribution in [3.63, 3.8) is 0 Å². The Morgan fingerprint density at radius 2 is 1.85 bits per heavy atom. The summed E-state index contributed by atoms with van der Waals surface area (Å²) in [6, 6.07) is 6.09. The lowest BCUT2D eigenvalue weighted by Gasteiger charge is -2.19. The molecule has 0 saturated heterocycles. The Morgan fingerprint density at radius 1 is 1.31 bits per heavy atom. The molecule has 0 fully saturated rings. The molecule has 0 heterocycles. The van der Waals surface area contributed by atoms with Gasteiger partial charge >= 0.3 is 0 Å². The maximum Gasteiger partial charge on any atom is 0.123 e. The Labute approximate surface area is 77.5 Å². The van der Waals surface area contributed by atoms with Crippen LogP contribution in [-0.4, -0.2) is 13.2 Å². The first-order chi connectivity index (χ1) is 6.15. The molecule has 0 aromatic heterocycles. The van der Waals surface area contributed by atoms with Gasteiger partial charge in [0.05, 0.1) is 6.10 Å². The zero-order valence-corrected chi connectivity index (χ0v) is 7.83. The largest absolute Gasteiger partial charge is 0.375 e. The minimum absolute atomic E-state index is 0.101. The normalized spacial score (nSPS) is 15.4. The lowest BCUT2D eigenvalue weighted by molar-refractivity contribution is 0.0853. The summed E-state index contributed by atoms with van der Waals surface area (Å²) in [5, 5.41) is 0. The topological polar surface area (TPSA) is 35.2 Å². The van der Waals surface area contributed by atoms with Crippen LogP contribution in [0.5, 0.6) is 0 Å². The molecule has 0 saturated carbocycles. The monoisotopic (exact) mass is 183 g/mol. The van der Waals surface area contributed by atoms with E-state index in [0.717, 1.165) is 5.56 Å². The summed E-state index contributed by atoms with van der Waals surface area (Å²) in [6.07, 6.45) is -0.166. The van der Waals surface area contributed by atoms with E-state index in [1.165, 1.54) is 12.1 Å². The van der Waals surface area contributed by atoms with Gasteiger partial charge in [0.15, 0.2) is 0 Å². The van der Waals surface area contributed by atoms with Crippen molar-refractivity contribution in [2.24, 2.45) is 5.73 Å². The molecule has 1 aromatic carbocycles. The first-order valence-electron chi connectivity index (χ1n) is 4.19. The van der Waals surface area contributed by atoms with Crippen LogP contribution in [0.25, 0.3) is 0 Å². The van der Waals surface area contributed by atoms with Gasteiger partial charge in [-0.1, -0.05) is 12.1 Å². The molecule has 0 aliphatic heterocycles. The second-order valence-electron chi connectivity index (χ2n) is 3.07. The van der Waals surface area contributed by atoms with Gasteiger partial charge in [-0.15, -0.1) is 0 Å². The zero-order valence-electron chi connectivity index (χ0n) is 7.83. The second-order valence-corrected chi connectivity index (χ2v) is 3.07. The molecular weight excluding hydrogens is 169 g/mol. The summed E-state index contributed by atoms with van der Waals surface area (Å²) >= 11 is 0. The zero-order chi connectivity index (χ0) is 9.84. The Kier molecular flexibility index (Phi) is 3.39. The van der Waals surface area contributed by atoms with Gasteiger partial charge in [-0.3, -0.25) is 0 Å². The van der Waals surface area contributed by atoms with Crippen LogP contribution in [0, 0.1) is 5.82 Å². The lowest BCUT2D eigenvalue weighted by atomic mass is 10.0. The molecule has 72 valence electrons. The summed E-state index contributed by atoms with van der Waals surface area (Å²) in [5.74, 6) is -0.247. The summed E-state index contributed by atoms with van der Waals surface area (Å²) in [7, 11) is 1.59. The number of rotatable bonds is 3. The van der Waals surface area contributed by atoms with E-state index in [1.807, 2.05) is 6.92 Å². The molecule has 2 unspecified atom stereocenters. The smallest absolute Gasteiger partial charge is 0.123 e. The molecule has 1 rings (SSSR count). The molecule has 3 heteroatoms. The molecule has 0 aliphatic rings. The molecule has 0 radical (unpaired) electrons. The summed E-state index contributed by atoms with van der Waals surface area (Å²) in [4.78, 5) is 0. The summed E-state index contributed by atoms with van der Waals surface area (Å²) in [6.45, 7) is 1.86. The standard InChI is InChI=1S/C10H14FNO/c1-7(12)10(13-2)8-3-5-9(11)6-4-8/h3-7,10H,12H2,1-2H3. The highest BCUT2D eigenvalue weighted by Crippen LogP contribution is 2.19. The Hall–Kier alpha value is -0.930. The Bertz CT molecular complexity index is 258. The van der Waals surface area contributed by atoms with E-state index in [2.05, 4.69) is 0 Å². The first-order valence-corrected chi connectivity index (χ1v) is 4.19. The van der Waals surface area contributed by atoms with E-state index >= 15 is 0 Å². The van der Waals surface area contributed by atoms with Crippen molar-refractivity contribution in [3.05, 3.63) is 35.6 Å². The quantitative estimate of drug-likeness (QED) is 0.776. The van der Waals surface area contributed by atoms with Crippen molar-refractivity contribution in [1.29, 1.82) is 0 Å². The van der Waals surface area contributed by atoms with Crippen LogP contribution in [0.3, 0.4) is 0 Å². The van der Waals surface area contributed by atoms with E-state index in [1.54, 1.807) is 19.2 Å². The average molecular weight is 183 g/mol. The summed E-state index contributed by atoms with van der Waals surface area (Å²) < 4.78 is 17.8. The van der Waals surface area contributed by atoms with Crippen molar-refractivity contribution < 1.29 is 9.13 Å². The maximum absolute atomic E-state index is 12.6. The fraction of sp³-hybridized carbons (Fsp3) is 0.400. The highest BCUT2D eigenvalue weighted by Gasteiger charge is 2.14. The van der Waals surface area contributed by atoms with Crippen molar-refractivity contribution >= 4 is 0 Å². The minimum Gasteiger partial charge on any atom is -0.375 e. The predicted molar refractivity (Wildman–Crippen MR) is 49.8 cm³/mol. The fourth-order valence-corrected chi connectivity index (χ4v) is 1.31. The van der Waals surface area contributed by atoms with E-state index in [0.29, 0.717) is 0 Å². The molecule has 0 spiro atoms. The Morgan fingerprint density at radius 3 is 2.23 bits per heavy atom. The molecule has 2 N–H and O–H groups in total. The molecule has 0 aliphatic carbocycles. The van der Waals surface area contributed by atoms with Crippen LogP contribution in [0.4, 0.5) is 4.39 Å². The SMILES string of the molecule is COC(c1ccc(F)cc1)C(C)N. The number of nitrogens with two attached hydrogens (primary N) is 1. The van der Waals surface area contributed by atoms with Crippen LogP contribution in [0.2, 0.25) is 0 Å². The van der Waals surface area contributed by atoms with Gasteiger partial charge in [0.1, 0.15) is 5.82 Å². The second kappa shape index (κ2) is 4.35. The highest BCUT2D eigenvalue weighted by molar-refractivity contribution is 5.19. The van der Waals surface area contributed by atoms with E-state index in [9.17, 15) is 4.39 Å². The lowest BCUT2D eigenvalue weighted by Crippen LogP contribution is -2.26. The van der Waals surface area contributed by atoms with Gasteiger partial charge in [0.25, 0.3) is 0 Å². The predicted octanol–water partition coefficient (Wildman–Crippen LogP) is 1.86. The molecule has 13 heavy (non-hydrogen) atoms. The number of hydrogen-bond donors (Lipinski definition) is 1. The third-order valence-electron chi connectivity index (χ3n) is 1.93. The van der Waals surface area contributed by atoms with Crippen molar-refractivity contribution in [2.75, 3.05) is 7.11 Å². The van der Waals surface area contributed by atoms with E-state index in [4.69, 9.17) is 10.5 Å². The van der Waals surface area contributed by atoms with E-state index in [-0.39, 0.29) is 18.0 Å². The molecular formula is C10H14FNO. The number of hydrogen-bond acceptors (Lipinski definition) is 2. The third kappa shape index (κ3) is 2.50. The van der Waals surface area contributed by atoms with Crippen molar-refractivity contribution in [3.8, 4) is 0 Å². The van der Waals surface area contributed by atoms with Crippen molar-refractivity contribution in [2.45, 2.75) is 19.1 Å². The molecule has 2 nitrogen and oxygen atoms in total.